The number of rotatable bonds is 4. The van der Waals surface area contributed by atoms with Gasteiger partial charge in [-0.2, -0.15) is 0 Å². The van der Waals surface area contributed by atoms with E-state index in [1.54, 1.807) is 0 Å². The number of ether oxygens (including phenoxy) is 1. The van der Waals surface area contributed by atoms with Crippen LogP contribution in [0.3, 0.4) is 0 Å². The van der Waals surface area contributed by atoms with Gasteiger partial charge in [-0.1, -0.05) is 12.1 Å². The molecule has 3 nitrogen and oxygen atoms in total. The van der Waals surface area contributed by atoms with E-state index in [1.807, 2.05) is 24.3 Å². The third-order valence-electron chi connectivity index (χ3n) is 3.00. The zero-order valence-corrected chi connectivity index (χ0v) is 9.94. The number of anilines is 1. The van der Waals surface area contributed by atoms with Gasteiger partial charge in [-0.3, -0.25) is 0 Å². The van der Waals surface area contributed by atoms with Crippen molar-refractivity contribution in [2.45, 2.75) is 18.9 Å². The van der Waals surface area contributed by atoms with Gasteiger partial charge in [0.05, 0.1) is 5.69 Å². The maximum absolute atomic E-state index is 12.2. The largest absolute Gasteiger partial charge is 0.489 e. The number of benzene rings is 1. The molecule has 1 fully saturated rings. The van der Waals surface area contributed by atoms with Crippen molar-refractivity contribution in [3.8, 4) is 5.75 Å². The van der Waals surface area contributed by atoms with Crippen LogP contribution in [0.4, 0.5) is 10.1 Å². The highest BCUT2D eigenvalue weighted by Gasteiger charge is 2.19. The number of nitrogens with zero attached hydrogens (tertiary/aromatic N) is 1. The van der Waals surface area contributed by atoms with Gasteiger partial charge in [0, 0.05) is 19.1 Å². The normalized spacial score (nSPS) is 20.4. The quantitative estimate of drug-likeness (QED) is 0.871. The molecule has 0 bridgehead atoms. The molecule has 0 spiro atoms. The standard InChI is InChI=1S/C13H19FN2O/c14-7-9-17-13-6-2-1-5-12(13)16-8-3-4-11(15)10-16/h1-2,5-6,11H,3-4,7-10,15H2. The summed E-state index contributed by atoms with van der Waals surface area (Å²) >= 11 is 0. The van der Waals surface area contributed by atoms with Crippen molar-refractivity contribution in [2.24, 2.45) is 5.73 Å². The van der Waals surface area contributed by atoms with Crippen molar-refractivity contribution < 1.29 is 9.13 Å². The molecule has 1 aromatic rings. The van der Waals surface area contributed by atoms with Gasteiger partial charge in [0.15, 0.2) is 0 Å². The highest BCUT2D eigenvalue weighted by atomic mass is 19.1. The van der Waals surface area contributed by atoms with Crippen LogP contribution in [0.5, 0.6) is 5.75 Å². The molecule has 0 aliphatic carbocycles. The third kappa shape index (κ3) is 3.09. The Morgan fingerprint density at radius 2 is 2.24 bits per heavy atom. The summed E-state index contributed by atoms with van der Waals surface area (Å²) in [6, 6.07) is 7.98. The lowest BCUT2D eigenvalue weighted by Gasteiger charge is -2.33. The molecule has 1 atom stereocenters. The summed E-state index contributed by atoms with van der Waals surface area (Å²) in [6.45, 7) is 1.48. The van der Waals surface area contributed by atoms with E-state index in [-0.39, 0.29) is 12.6 Å². The molecule has 2 rings (SSSR count). The summed E-state index contributed by atoms with van der Waals surface area (Å²) in [7, 11) is 0. The van der Waals surface area contributed by atoms with E-state index < -0.39 is 6.67 Å². The van der Waals surface area contributed by atoms with Gasteiger partial charge in [0.2, 0.25) is 0 Å². The highest BCUT2D eigenvalue weighted by Crippen LogP contribution is 2.29. The molecule has 1 saturated heterocycles. The summed E-state index contributed by atoms with van der Waals surface area (Å²) in [4.78, 5) is 2.22. The van der Waals surface area contributed by atoms with E-state index in [9.17, 15) is 4.39 Å². The molecular weight excluding hydrogens is 219 g/mol. The summed E-state index contributed by atoms with van der Waals surface area (Å²) in [5.74, 6) is 0.749. The van der Waals surface area contributed by atoms with E-state index in [0.29, 0.717) is 0 Å². The first-order chi connectivity index (χ1) is 8.31. The monoisotopic (exact) mass is 238 g/mol. The van der Waals surface area contributed by atoms with Crippen molar-refractivity contribution in [3.05, 3.63) is 24.3 Å². The molecule has 94 valence electrons. The second-order valence-corrected chi connectivity index (χ2v) is 4.35. The molecule has 1 unspecified atom stereocenters. The molecular formula is C13H19FN2O. The zero-order valence-electron chi connectivity index (χ0n) is 9.94. The topological polar surface area (TPSA) is 38.5 Å². The van der Waals surface area contributed by atoms with Crippen LogP contribution in [-0.2, 0) is 0 Å². The third-order valence-corrected chi connectivity index (χ3v) is 3.00. The van der Waals surface area contributed by atoms with Crippen LogP contribution in [0.25, 0.3) is 0 Å². The summed E-state index contributed by atoms with van der Waals surface area (Å²) in [5, 5.41) is 0. The van der Waals surface area contributed by atoms with Crippen LogP contribution in [-0.4, -0.2) is 32.4 Å². The van der Waals surface area contributed by atoms with E-state index in [4.69, 9.17) is 10.5 Å². The Hall–Kier alpha value is -1.29. The van der Waals surface area contributed by atoms with E-state index in [0.717, 1.165) is 37.4 Å². The molecule has 0 radical (unpaired) electrons. The number of alkyl halides is 1. The van der Waals surface area contributed by atoms with E-state index in [2.05, 4.69) is 4.90 Å². The Kier molecular flexibility index (Phi) is 4.20. The van der Waals surface area contributed by atoms with Crippen LogP contribution in [0, 0.1) is 0 Å². The lowest BCUT2D eigenvalue weighted by Crippen LogP contribution is -2.43. The maximum Gasteiger partial charge on any atom is 0.142 e. The fourth-order valence-corrected chi connectivity index (χ4v) is 2.22. The Bertz CT molecular complexity index is 359. The molecule has 1 aliphatic heterocycles. The Balaban J connectivity index is 2.12. The van der Waals surface area contributed by atoms with Crippen LogP contribution in [0.2, 0.25) is 0 Å². The van der Waals surface area contributed by atoms with Crippen LogP contribution >= 0.6 is 0 Å². The van der Waals surface area contributed by atoms with Gasteiger partial charge >= 0.3 is 0 Å². The summed E-state index contributed by atoms with van der Waals surface area (Å²) < 4.78 is 17.6. The number of halogens is 1. The van der Waals surface area contributed by atoms with Gasteiger partial charge in [0.25, 0.3) is 0 Å². The predicted molar refractivity (Wildman–Crippen MR) is 67.3 cm³/mol. The van der Waals surface area contributed by atoms with Crippen molar-refractivity contribution in [3.63, 3.8) is 0 Å². The Morgan fingerprint density at radius 3 is 3.00 bits per heavy atom. The second-order valence-electron chi connectivity index (χ2n) is 4.35. The molecule has 1 aromatic carbocycles. The van der Waals surface area contributed by atoms with Crippen molar-refractivity contribution in [1.82, 2.24) is 0 Å². The van der Waals surface area contributed by atoms with Crippen LogP contribution in [0.15, 0.2) is 24.3 Å². The van der Waals surface area contributed by atoms with Crippen molar-refractivity contribution >= 4 is 5.69 Å². The minimum atomic E-state index is -0.464. The Labute approximate surface area is 101 Å². The number of hydrogen-bond acceptors (Lipinski definition) is 3. The summed E-state index contributed by atoms with van der Waals surface area (Å²) in [6.07, 6.45) is 2.17. The van der Waals surface area contributed by atoms with Gasteiger partial charge < -0.3 is 15.4 Å². The van der Waals surface area contributed by atoms with Crippen LogP contribution in [0.1, 0.15) is 12.8 Å². The predicted octanol–water partition coefficient (Wildman–Crippen LogP) is 1.96. The summed E-state index contributed by atoms with van der Waals surface area (Å²) in [5.41, 5.74) is 6.99. The smallest absolute Gasteiger partial charge is 0.142 e. The maximum atomic E-state index is 12.2. The molecule has 2 N–H and O–H groups in total. The van der Waals surface area contributed by atoms with Gasteiger partial charge in [-0.15, -0.1) is 0 Å². The molecule has 0 saturated carbocycles. The first-order valence-corrected chi connectivity index (χ1v) is 6.09. The average Bonchev–Trinajstić information content (AvgIpc) is 2.37. The first kappa shape index (κ1) is 12.2. The fourth-order valence-electron chi connectivity index (χ4n) is 2.22. The molecule has 0 amide bonds. The lowest BCUT2D eigenvalue weighted by molar-refractivity contribution is 0.273. The molecule has 17 heavy (non-hydrogen) atoms. The molecule has 1 heterocycles. The van der Waals surface area contributed by atoms with Gasteiger partial charge in [-0.25, -0.2) is 4.39 Å². The number of nitrogens with two attached hydrogens (primary N) is 1. The fraction of sp³-hybridized carbons (Fsp3) is 0.538. The van der Waals surface area contributed by atoms with Crippen molar-refractivity contribution in [1.29, 1.82) is 0 Å². The van der Waals surface area contributed by atoms with E-state index >= 15 is 0 Å². The number of para-hydroxylation sites is 2. The molecule has 1 aliphatic rings. The molecule has 4 heteroatoms. The lowest BCUT2D eigenvalue weighted by atomic mass is 10.1. The Morgan fingerprint density at radius 1 is 1.41 bits per heavy atom. The van der Waals surface area contributed by atoms with Crippen LogP contribution < -0.4 is 15.4 Å². The highest BCUT2D eigenvalue weighted by molar-refractivity contribution is 5.58. The number of piperidine rings is 1. The van der Waals surface area contributed by atoms with Gasteiger partial charge in [-0.05, 0) is 25.0 Å². The minimum absolute atomic E-state index is 0.108. The van der Waals surface area contributed by atoms with Crippen molar-refractivity contribution in [2.75, 3.05) is 31.3 Å². The minimum Gasteiger partial charge on any atom is -0.489 e. The zero-order chi connectivity index (χ0) is 12.1. The second kappa shape index (κ2) is 5.87. The first-order valence-electron chi connectivity index (χ1n) is 6.09. The SMILES string of the molecule is NC1CCCN(c2ccccc2OCCF)C1. The molecule has 0 aromatic heterocycles. The van der Waals surface area contributed by atoms with Gasteiger partial charge in [0.1, 0.15) is 19.0 Å². The average molecular weight is 238 g/mol. The number of hydrogen-bond donors (Lipinski definition) is 1. The van der Waals surface area contributed by atoms with E-state index in [1.165, 1.54) is 0 Å².